The lowest BCUT2D eigenvalue weighted by Crippen LogP contribution is -2.18. The number of rotatable bonds is 5. The molecule has 0 saturated heterocycles. The lowest BCUT2D eigenvalue weighted by Gasteiger charge is -2.12. The minimum Gasteiger partial charge on any atom is -0.361 e. The van der Waals surface area contributed by atoms with Crippen molar-refractivity contribution in [2.24, 2.45) is 0 Å². The van der Waals surface area contributed by atoms with Gasteiger partial charge in [-0.15, -0.1) is 0 Å². The molecule has 0 aromatic carbocycles. The smallest absolute Gasteiger partial charge is 0.324 e. The highest BCUT2D eigenvalue weighted by atomic mass is 32.1. The van der Waals surface area contributed by atoms with Gasteiger partial charge in [-0.3, -0.25) is 10.1 Å². The number of hydrogen-bond donors (Lipinski definition) is 1. The number of nitro groups is 1. The predicted molar refractivity (Wildman–Crippen MR) is 72.2 cm³/mol. The average Bonchev–Trinajstić information content (AvgIpc) is 2.94. The summed E-state index contributed by atoms with van der Waals surface area (Å²) in [5.74, 6) is 0.800. The van der Waals surface area contributed by atoms with Crippen LogP contribution in [0.2, 0.25) is 0 Å². The molecule has 0 aliphatic rings. The Hall–Kier alpha value is -1.73. The highest BCUT2D eigenvalue weighted by molar-refractivity contribution is 7.13. The highest BCUT2D eigenvalue weighted by Crippen LogP contribution is 2.24. The lowest BCUT2D eigenvalue weighted by atomic mass is 10.1. The third kappa shape index (κ3) is 2.99. The zero-order chi connectivity index (χ0) is 14.0. The van der Waals surface area contributed by atoms with Crippen molar-refractivity contribution >= 4 is 16.3 Å². The molecular weight excluding hydrogens is 266 g/mol. The summed E-state index contributed by atoms with van der Waals surface area (Å²) >= 11 is 1.14. The summed E-state index contributed by atoms with van der Waals surface area (Å²) in [6.45, 7) is 6.38. The second kappa shape index (κ2) is 5.50. The van der Waals surface area contributed by atoms with Crippen molar-refractivity contribution in [1.29, 1.82) is 0 Å². The van der Waals surface area contributed by atoms with Gasteiger partial charge in [0, 0.05) is 29.6 Å². The Morgan fingerprint density at radius 1 is 1.58 bits per heavy atom. The van der Waals surface area contributed by atoms with E-state index >= 15 is 0 Å². The molecule has 0 aliphatic heterocycles. The maximum Gasteiger partial charge on any atom is 0.324 e. The maximum absolute atomic E-state index is 10.6. The number of thiophene rings is 1. The van der Waals surface area contributed by atoms with E-state index in [-0.39, 0.29) is 16.0 Å². The van der Waals surface area contributed by atoms with Crippen molar-refractivity contribution in [3.05, 3.63) is 44.1 Å². The zero-order valence-corrected chi connectivity index (χ0v) is 11.8. The standard InChI is InChI=1S/C12H15N3O3S/c1-7(12-8(2)14-18-9(12)3)13-5-10-4-11(15(16)17)19-6-10/h4,6-7,13H,5H2,1-3H3. The van der Waals surface area contributed by atoms with Crippen LogP contribution in [0, 0.1) is 24.0 Å². The molecule has 0 radical (unpaired) electrons. The molecule has 0 saturated carbocycles. The number of aromatic nitrogens is 1. The Morgan fingerprint density at radius 3 is 2.84 bits per heavy atom. The molecule has 0 spiro atoms. The van der Waals surface area contributed by atoms with Crippen LogP contribution in [0.4, 0.5) is 5.00 Å². The van der Waals surface area contributed by atoms with Crippen molar-refractivity contribution in [3.63, 3.8) is 0 Å². The molecule has 0 fully saturated rings. The molecule has 0 amide bonds. The van der Waals surface area contributed by atoms with E-state index in [0.717, 1.165) is 33.9 Å². The van der Waals surface area contributed by atoms with E-state index in [2.05, 4.69) is 10.5 Å². The van der Waals surface area contributed by atoms with E-state index < -0.39 is 0 Å². The van der Waals surface area contributed by atoms with Crippen LogP contribution < -0.4 is 5.32 Å². The van der Waals surface area contributed by atoms with Crippen molar-refractivity contribution < 1.29 is 9.45 Å². The van der Waals surface area contributed by atoms with Crippen LogP contribution in [0.1, 0.15) is 35.5 Å². The SMILES string of the molecule is Cc1noc(C)c1C(C)NCc1csc([N+](=O)[O-])c1. The Labute approximate surface area is 114 Å². The van der Waals surface area contributed by atoms with Crippen LogP contribution in [0.5, 0.6) is 0 Å². The molecule has 1 unspecified atom stereocenters. The second-order valence-electron chi connectivity index (χ2n) is 4.39. The van der Waals surface area contributed by atoms with Gasteiger partial charge in [0.05, 0.1) is 10.6 Å². The van der Waals surface area contributed by atoms with E-state index in [1.807, 2.05) is 20.8 Å². The normalized spacial score (nSPS) is 12.6. The van der Waals surface area contributed by atoms with Gasteiger partial charge in [0.15, 0.2) is 0 Å². The molecule has 19 heavy (non-hydrogen) atoms. The number of nitrogens with one attached hydrogen (secondary N) is 1. The fourth-order valence-electron chi connectivity index (χ4n) is 2.03. The zero-order valence-electron chi connectivity index (χ0n) is 11.0. The third-order valence-electron chi connectivity index (χ3n) is 2.95. The van der Waals surface area contributed by atoms with Gasteiger partial charge in [0.25, 0.3) is 0 Å². The van der Waals surface area contributed by atoms with Crippen molar-refractivity contribution in [3.8, 4) is 0 Å². The first-order chi connectivity index (χ1) is 8.99. The van der Waals surface area contributed by atoms with Crippen LogP contribution in [0.25, 0.3) is 0 Å². The van der Waals surface area contributed by atoms with Crippen molar-refractivity contribution in [2.45, 2.75) is 33.4 Å². The van der Waals surface area contributed by atoms with E-state index in [1.54, 1.807) is 11.4 Å². The number of aryl methyl sites for hydroxylation is 2. The Bertz CT molecular complexity index is 571. The molecule has 6 nitrogen and oxygen atoms in total. The molecule has 2 heterocycles. The first-order valence-electron chi connectivity index (χ1n) is 5.87. The van der Waals surface area contributed by atoms with Gasteiger partial charge >= 0.3 is 5.00 Å². The Morgan fingerprint density at radius 2 is 2.32 bits per heavy atom. The molecule has 1 N–H and O–H groups in total. The van der Waals surface area contributed by atoms with Crippen LogP contribution in [-0.2, 0) is 6.54 Å². The fourth-order valence-corrected chi connectivity index (χ4v) is 2.76. The Kier molecular flexibility index (Phi) is 3.96. The number of nitrogens with zero attached hydrogens (tertiary/aromatic N) is 2. The highest BCUT2D eigenvalue weighted by Gasteiger charge is 2.16. The van der Waals surface area contributed by atoms with Gasteiger partial charge < -0.3 is 9.84 Å². The van der Waals surface area contributed by atoms with Crippen molar-refractivity contribution in [2.75, 3.05) is 0 Å². The van der Waals surface area contributed by atoms with Crippen LogP contribution in [-0.4, -0.2) is 10.1 Å². The fraction of sp³-hybridized carbons (Fsp3) is 0.417. The van der Waals surface area contributed by atoms with E-state index in [0.29, 0.717) is 6.54 Å². The third-order valence-corrected chi connectivity index (χ3v) is 3.88. The minimum atomic E-state index is -0.369. The molecule has 102 valence electrons. The molecule has 2 aromatic rings. The summed E-state index contributed by atoms with van der Waals surface area (Å²) in [6, 6.07) is 1.68. The summed E-state index contributed by atoms with van der Waals surface area (Å²) in [5.41, 5.74) is 2.83. The van der Waals surface area contributed by atoms with E-state index in [1.165, 1.54) is 0 Å². The van der Waals surface area contributed by atoms with E-state index in [9.17, 15) is 10.1 Å². The van der Waals surface area contributed by atoms with Crippen molar-refractivity contribution in [1.82, 2.24) is 10.5 Å². The van der Waals surface area contributed by atoms with E-state index in [4.69, 9.17) is 4.52 Å². The largest absolute Gasteiger partial charge is 0.361 e. The summed E-state index contributed by atoms with van der Waals surface area (Å²) in [6.07, 6.45) is 0. The van der Waals surface area contributed by atoms with Gasteiger partial charge in [0.2, 0.25) is 0 Å². The lowest BCUT2D eigenvalue weighted by molar-refractivity contribution is -0.380. The van der Waals surface area contributed by atoms with Gasteiger partial charge in [-0.1, -0.05) is 16.5 Å². The predicted octanol–water partition coefficient (Wildman–Crippen LogP) is 3.11. The summed E-state index contributed by atoms with van der Waals surface area (Å²) < 4.78 is 5.13. The van der Waals surface area contributed by atoms with Crippen LogP contribution in [0.15, 0.2) is 16.0 Å². The molecule has 0 aliphatic carbocycles. The second-order valence-corrected chi connectivity index (χ2v) is 5.28. The average molecular weight is 281 g/mol. The molecule has 0 bridgehead atoms. The Balaban J connectivity index is 2.00. The molecule has 2 rings (SSSR count). The monoisotopic (exact) mass is 281 g/mol. The molecule has 7 heteroatoms. The summed E-state index contributed by atoms with van der Waals surface area (Å²) in [5, 5.41) is 19.8. The molecule has 2 aromatic heterocycles. The first-order valence-corrected chi connectivity index (χ1v) is 6.75. The van der Waals surface area contributed by atoms with Crippen LogP contribution >= 0.6 is 11.3 Å². The van der Waals surface area contributed by atoms with Crippen LogP contribution in [0.3, 0.4) is 0 Å². The summed E-state index contributed by atoms with van der Waals surface area (Å²) in [7, 11) is 0. The topological polar surface area (TPSA) is 81.2 Å². The minimum absolute atomic E-state index is 0.0882. The van der Waals surface area contributed by atoms with Gasteiger partial charge in [-0.05, 0) is 26.3 Å². The quantitative estimate of drug-likeness (QED) is 0.672. The molecular formula is C12H15N3O3S. The van der Waals surface area contributed by atoms with Gasteiger partial charge in [0.1, 0.15) is 5.76 Å². The number of hydrogen-bond acceptors (Lipinski definition) is 6. The van der Waals surface area contributed by atoms with Gasteiger partial charge in [-0.25, -0.2) is 0 Å². The maximum atomic E-state index is 10.6. The first kappa shape index (κ1) is 13.7. The molecule has 1 atom stereocenters. The summed E-state index contributed by atoms with van der Waals surface area (Å²) in [4.78, 5) is 10.2. The van der Waals surface area contributed by atoms with Gasteiger partial charge in [-0.2, -0.15) is 0 Å².